The predicted molar refractivity (Wildman–Crippen MR) is 162 cm³/mol. The Morgan fingerprint density at radius 3 is 2.00 bits per heavy atom. The number of aromatic nitrogens is 1. The molecule has 2 fully saturated rings. The highest BCUT2D eigenvalue weighted by molar-refractivity contribution is 6.11. The molecule has 1 aromatic heterocycles. The zero-order valence-corrected chi connectivity index (χ0v) is 25.1. The monoisotopic (exact) mass is 632 g/mol. The maximum Gasteiger partial charge on any atom is 0.415 e. The summed E-state index contributed by atoms with van der Waals surface area (Å²) in [6, 6.07) is 17.5. The molecule has 3 aromatic carbocycles. The fourth-order valence-corrected chi connectivity index (χ4v) is 5.58. The van der Waals surface area contributed by atoms with E-state index in [0.29, 0.717) is 40.8 Å². The van der Waals surface area contributed by atoms with Crippen LogP contribution in [0.3, 0.4) is 0 Å². The third kappa shape index (κ3) is 6.68. The number of halogens is 3. The molecule has 0 radical (unpaired) electrons. The number of hydrogen-bond donors (Lipinski definition) is 0. The maximum absolute atomic E-state index is 13.5. The first kappa shape index (κ1) is 31.1. The maximum atomic E-state index is 13.5. The SMILES string of the molecule is COc1cc2c(Oc3ccc(CC(=O)C4(C(=O)Cc5ccc(F)cc5)CC4)cc3)ccnc2cc1OC(=O)N1CCC(F)(F)CC1. The fraction of sp³-hybridized carbons (Fsp3) is 0.314. The number of likely N-dealkylation sites (tertiary alicyclic amines) is 1. The number of carbonyl (C=O) groups excluding carboxylic acids is 3. The lowest BCUT2D eigenvalue weighted by atomic mass is 9.88. The Morgan fingerprint density at radius 1 is 0.804 bits per heavy atom. The molecule has 1 saturated carbocycles. The number of nitrogens with zero attached hydrogens (tertiary/aromatic N) is 2. The Labute approximate surface area is 263 Å². The van der Waals surface area contributed by atoms with Gasteiger partial charge in [0.2, 0.25) is 0 Å². The lowest BCUT2D eigenvalue weighted by Crippen LogP contribution is -2.43. The van der Waals surface area contributed by atoms with Crippen LogP contribution >= 0.6 is 0 Å². The van der Waals surface area contributed by atoms with Crippen molar-refractivity contribution < 1.29 is 41.8 Å². The zero-order valence-electron chi connectivity index (χ0n) is 25.1. The molecule has 0 spiro atoms. The molecule has 4 aromatic rings. The van der Waals surface area contributed by atoms with Gasteiger partial charge in [-0.1, -0.05) is 24.3 Å². The van der Waals surface area contributed by atoms with E-state index in [1.807, 2.05) is 0 Å². The number of carbonyl (C=O) groups is 3. The molecular formula is C35H31F3N2O6. The molecule has 1 aliphatic carbocycles. The van der Waals surface area contributed by atoms with Gasteiger partial charge in [0.05, 0.1) is 18.0 Å². The smallest absolute Gasteiger partial charge is 0.415 e. The first-order valence-corrected chi connectivity index (χ1v) is 14.9. The summed E-state index contributed by atoms with van der Waals surface area (Å²) in [5, 5.41) is 0.575. The molecule has 8 nitrogen and oxygen atoms in total. The van der Waals surface area contributed by atoms with Crippen LogP contribution in [0.1, 0.15) is 36.8 Å². The number of rotatable bonds is 10. The van der Waals surface area contributed by atoms with Crippen LogP contribution in [-0.2, 0) is 22.4 Å². The van der Waals surface area contributed by atoms with Crippen molar-refractivity contribution in [1.29, 1.82) is 0 Å². The van der Waals surface area contributed by atoms with Crippen LogP contribution in [0.2, 0.25) is 0 Å². The summed E-state index contributed by atoms with van der Waals surface area (Å²) in [5.74, 6) is -2.16. The number of Topliss-reactive ketones (excluding diaryl/α,β-unsaturated/α-hetero) is 2. The molecule has 1 amide bonds. The quantitative estimate of drug-likeness (QED) is 0.172. The van der Waals surface area contributed by atoms with Crippen LogP contribution in [0, 0.1) is 11.2 Å². The number of fused-ring (bicyclic) bond motifs is 1. The van der Waals surface area contributed by atoms with Gasteiger partial charge >= 0.3 is 6.09 Å². The number of ether oxygens (including phenoxy) is 3. The third-order valence-electron chi connectivity index (χ3n) is 8.55. The van der Waals surface area contributed by atoms with E-state index < -0.39 is 30.3 Å². The number of amides is 1. The van der Waals surface area contributed by atoms with Crippen molar-refractivity contribution in [3.8, 4) is 23.0 Å². The van der Waals surface area contributed by atoms with Gasteiger partial charge in [-0.25, -0.2) is 18.0 Å². The van der Waals surface area contributed by atoms with Gasteiger partial charge in [-0.3, -0.25) is 14.6 Å². The van der Waals surface area contributed by atoms with Crippen LogP contribution in [-0.4, -0.2) is 53.7 Å². The first-order valence-electron chi connectivity index (χ1n) is 14.9. The molecule has 238 valence electrons. The highest BCUT2D eigenvalue weighted by atomic mass is 19.3. The minimum Gasteiger partial charge on any atom is -0.493 e. The van der Waals surface area contributed by atoms with Gasteiger partial charge < -0.3 is 19.1 Å². The topological polar surface area (TPSA) is 95.0 Å². The number of hydrogen-bond acceptors (Lipinski definition) is 7. The Kier molecular flexibility index (Phi) is 8.41. The van der Waals surface area contributed by atoms with Gasteiger partial charge in [0.15, 0.2) is 23.1 Å². The molecular weight excluding hydrogens is 601 g/mol. The number of methoxy groups -OCH3 is 1. The second-order valence-electron chi connectivity index (χ2n) is 11.7. The Bertz CT molecular complexity index is 1780. The van der Waals surface area contributed by atoms with Gasteiger partial charge in [0, 0.05) is 56.4 Å². The number of alkyl halides is 2. The number of pyridine rings is 1. The zero-order chi connectivity index (χ0) is 32.5. The highest BCUT2D eigenvalue weighted by Crippen LogP contribution is 2.49. The summed E-state index contributed by atoms with van der Waals surface area (Å²) in [4.78, 5) is 44.4. The Balaban J connectivity index is 1.11. The van der Waals surface area contributed by atoms with Crippen molar-refractivity contribution in [2.75, 3.05) is 20.2 Å². The molecule has 46 heavy (non-hydrogen) atoms. The molecule has 11 heteroatoms. The van der Waals surface area contributed by atoms with Gasteiger partial charge in [-0.15, -0.1) is 0 Å². The summed E-state index contributed by atoms with van der Waals surface area (Å²) in [6.07, 6.45) is 1.18. The molecule has 0 bridgehead atoms. The van der Waals surface area contributed by atoms with Crippen molar-refractivity contribution in [2.24, 2.45) is 5.41 Å². The lowest BCUT2D eigenvalue weighted by molar-refractivity contribution is -0.133. The molecule has 0 unspecified atom stereocenters. The molecule has 0 N–H and O–H groups in total. The number of piperidine rings is 1. The summed E-state index contributed by atoms with van der Waals surface area (Å²) in [7, 11) is 1.42. The summed E-state index contributed by atoms with van der Waals surface area (Å²) >= 11 is 0. The lowest BCUT2D eigenvalue weighted by Gasteiger charge is -2.31. The fourth-order valence-electron chi connectivity index (χ4n) is 5.58. The molecule has 2 heterocycles. The predicted octanol–water partition coefficient (Wildman–Crippen LogP) is 7.11. The van der Waals surface area contributed by atoms with Crippen LogP contribution in [0.4, 0.5) is 18.0 Å². The van der Waals surface area contributed by atoms with Gasteiger partial charge in [-0.05, 0) is 60.4 Å². The largest absolute Gasteiger partial charge is 0.493 e. The molecule has 0 atom stereocenters. The van der Waals surface area contributed by atoms with Gasteiger partial charge in [0.25, 0.3) is 5.92 Å². The van der Waals surface area contributed by atoms with Crippen molar-refractivity contribution in [3.05, 3.63) is 89.9 Å². The summed E-state index contributed by atoms with van der Waals surface area (Å²) in [5.41, 5.74) is 0.892. The first-order chi connectivity index (χ1) is 22.0. The van der Waals surface area contributed by atoms with Crippen molar-refractivity contribution in [2.45, 2.75) is 44.4 Å². The number of benzene rings is 3. The van der Waals surface area contributed by atoms with Crippen LogP contribution < -0.4 is 14.2 Å². The van der Waals surface area contributed by atoms with Crippen molar-refractivity contribution in [3.63, 3.8) is 0 Å². The molecule has 1 aliphatic heterocycles. The summed E-state index contributed by atoms with van der Waals surface area (Å²) in [6.45, 7) is -0.219. The van der Waals surface area contributed by atoms with Crippen LogP contribution in [0.15, 0.2) is 72.9 Å². The second-order valence-corrected chi connectivity index (χ2v) is 11.7. The van der Waals surface area contributed by atoms with E-state index in [0.717, 1.165) is 5.56 Å². The van der Waals surface area contributed by atoms with Gasteiger partial charge in [-0.2, -0.15) is 0 Å². The van der Waals surface area contributed by atoms with E-state index in [1.165, 1.54) is 36.4 Å². The second kappa shape index (κ2) is 12.5. The third-order valence-corrected chi connectivity index (χ3v) is 8.55. The minimum absolute atomic E-state index is 0.0906. The minimum atomic E-state index is -2.79. The molecule has 1 saturated heterocycles. The average Bonchev–Trinajstić information content (AvgIpc) is 3.85. The molecule has 6 rings (SSSR count). The standard InChI is InChI=1S/C35H31F3N2O6/c1-44-29-20-26-27(21-30(29)46-33(43)40-16-13-35(37,38)14-17-40)39-15-10-28(26)45-25-8-4-23(5-9-25)19-32(42)34(11-12-34)31(41)18-22-2-6-24(36)7-3-22/h2-10,15,20-21H,11-14,16-19H2,1H3. The van der Waals surface area contributed by atoms with E-state index in [1.54, 1.807) is 48.5 Å². The molecule has 2 aliphatic rings. The van der Waals surface area contributed by atoms with E-state index in [4.69, 9.17) is 14.2 Å². The average molecular weight is 633 g/mol. The number of ketones is 2. The van der Waals surface area contributed by atoms with Crippen LogP contribution in [0.5, 0.6) is 23.0 Å². The van der Waals surface area contributed by atoms with Crippen molar-refractivity contribution in [1.82, 2.24) is 9.88 Å². The Hall–Kier alpha value is -4.93. The highest BCUT2D eigenvalue weighted by Gasteiger charge is 2.54. The van der Waals surface area contributed by atoms with Crippen LogP contribution in [0.25, 0.3) is 10.9 Å². The van der Waals surface area contributed by atoms with Gasteiger partial charge in [0.1, 0.15) is 17.3 Å². The summed E-state index contributed by atoms with van der Waals surface area (Å²) < 4.78 is 57.3. The van der Waals surface area contributed by atoms with E-state index >= 15 is 0 Å². The Morgan fingerprint density at radius 2 is 1.41 bits per heavy atom. The van der Waals surface area contributed by atoms with E-state index in [-0.39, 0.29) is 54.8 Å². The van der Waals surface area contributed by atoms with Crippen molar-refractivity contribution >= 4 is 28.6 Å². The van der Waals surface area contributed by atoms with E-state index in [2.05, 4.69) is 4.98 Å². The van der Waals surface area contributed by atoms with E-state index in [9.17, 15) is 27.6 Å². The normalized spacial score (nSPS) is 16.5.